The lowest BCUT2D eigenvalue weighted by molar-refractivity contribution is -0.0497. The molecule has 196 valence electrons. The molecule has 0 bridgehead atoms. The smallest absolute Gasteiger partial charge is 0.0921 e. The highest BCUT2D eigenvalue weighted by molar-refractivity contribution is 8.76. The van der Waals surface area contributed by atoms with Crippen LogP contribution < -0.4 is 0 Å². The van der Waals surface area contributed by atoms with Crippen molar-refractivity contribution in [3.63, 3.8) is 0 Å². The van der Waals surface area contributed by atoms with Crippen molar-refractivity contribution in [1.82, 2.24) is 9.97 Å². The number of H-pyrrole nitrogens is 1. The first-order chi connectivity index (χ1) is 16.8. The van der Waals surface area contributed by atoms with E-state index in [4.69, 9.17) is 0 Å². The van der Waals surface area contributed by atoms with Crippen molar-refractivity contribution in [2.75, 3.05) is 0 Å². The summed E-state index contributed by atoms with van der Waals surface area (Å²) in [6.45, 7) is 12.8. The van der Waals surface area contributed by atoms with Crippen LogP contribution in [0.2, 0.25) is 0 Å². The number of hydrogen-bond acceptors (Lipinski definition) is 3. The molecule has 4 unspecified atom stereocenters. The Hall–Kier alpha value is -0.350. The molecule has 4 aliphatic carbocycles. The van der Waals surface area contributed by atoms with Gasteiger partial charge in [0.2, 0.25) is 0 Å². The summed E-state index contributed by atoms with van der Waals surface area (Å²) in [4.78, 5) is 7.41. The number of rotatable bonds is 9. The highest BCUT2D eigenvalue weighted by Gasteiger charge is 2.59. The Labute approximate surface area is 223 Å². The third-order valence-electron chi connectivity index (χ3n) is 11.2. The van der Waals surface area contributed by atoms with Crippen LogP contribution >= 0.6 is 21.6 Å². The lowest BCUT2D eigenvalue weighted by Gasteiger charge is -2.58. The SMILES string of the molecule is CC(C)CCC[C@@H](C)C1CCC2C3CC=C4C[C@@H](SSCc5cnc[nH]5)CC[C@]4(C)C3CC[C@@]21C. The minimum absolute atomic E-state index is 0.482. The van der Waals surface area contributed by atoms with E-state index in [0.29, 0.717) is 10.8 Å². The normalized spacial score (nSPS) is 39.6. The fraction of sp³-hybridized carbons (Fsp3) is 0.839. The third-order valence-corrected chi connectivity index (χ3v) is 14.1. The van der Waals surface area contributed by atoms with Gasteiger partial charge < -0.3 is 4.98 Å². The van der Waals surface area contributed by atoms with Crippen LogP contribution in [0.15, 0.2) is 24.2 Å². The molecule has 0 saturated heterocycles. The molecule has 0 aromatic carbocycles. The number of aromatic amines is 1. The molecule has 0 amide bonds. The van der Waals surface area contributed by atoms with Gasteiger partial charge in [0.15, 0.2) is 0 Å². The summed E-state index contributed by atoms with van der Waals surface area (Å²) < 4.78 is 0. The van der Waals surface area contributed by atoms with E-state index in [1.807, 2.05) is 22.6 Å². The molecule has 3 saturated carbocycles. The van der Waals surface area contributed by atoms with Crippen LogP contribution in [0.1, 0.15) is 111 Å². The molecule has 0 radical (unpaired) electrons. The van der Waals surface area contributed by atoms with Gasteiger partial charge in [-0.2, -0.15) is 0 Å². The van der Waals surface area contributed by atoms with Crippen LogP contribution in [0.4, 0.5) is 0 Å². The first-order valence-electron chi connectivity index (χ1n) is 14.8. The summed E-state index contributed by atoms with van der Waals surface area (Å²) in [5.74, 6) is 6.66. The van der Waals surface area contributed by atoms with E-state index in [0.717, 1.165) is 46.5 Å². The number of allylic oxidation sites excluding steroid dienone is 2. The van der Waals surface area contributed by atoms with Crippen molar-refractivity contribution in [1.29, 1.82) is 0 Å². The van der Waals surface area contributed by atoms with Gasteiger partial charge in [-0.05, 0) is 97.7 Å². The molecule has 1 heterocycles. The zero-order chi connectivity index (χ0) is 24.6. The predicted molar refractivity (Wildman–Crippen MR) is 154 cm³/mol. The number of nitrogens with zero attached hydrogens (tertiary/aromatic N) is 1. The number of nitrogens with one attached hydrogen (secondary N) is 1. The van der Waals surface area contributed by atoms with E-state index in [2.05, 4.69) is 61.5 Å². The first kappa shape index (κ1) is 26.3. The molecule has 4 aliphatic rings. The Morgan fingerprint density at radius 1 is 1.06 bits per heavy atom. The summed E-state index contributed by atoms with van der Waals surface area (Å²) in [5, 5.41) is 0.787. The lowest BCUT2D eigenvalue weighted by Crippen LogP contribution is -2.50. The number of aromatic nitrogens is 2. The Balaban J connectivity index is 1.21. The molecule has 0 aliphatic heterocycles. The Kier molecular flexibility index (Phi) is 8.10. The molecular weight excluding hydrogens is 464 g/mol. The van der Waals surface area contributed by atoms with Gasteiger partial charge in [-0.3, -0.25) is 0 Å². The van der Waals surface area contributed by atoms with Crippen LogP contribution in [-0.4, -0.2) is 15.2 Å². The summed E-state index contributed by atoms with van der Waals surface area (Å²) in [5.41, 5.74) is 4.18. The molecule has 0 spiro atoms. The largest absolute Gasteiger partial charge is 0.348 e. The summed E-state index contributed by atoms with van der Waals surface area (Å²) >= 11 is 0. The monoisotopic (exact) mass is 514 g/mol. The quantitative estimate of drug-likeness (QED) is 0.262. The molecular formula is C31H50N2S2. The van der Waals surface area contributed by atoms with Gasteiger partial charge in [0.05, 0.1) is 6.33 Å². The average Bonchev–Trinajstić information content (AvgIpc) is 3.46. The molecule has 5 rings (SSSR count). The topological polar surface area (TPSA) is 28.7 Å². The first-order valence-corrected chi connectivity index (χ1v) is 17.1. The lowest BCUT2D eigenvalue weighted by atomic mass is 9.47. The summed E-state index contributed by atoms with van der Waals surface area (Å²) in [6.07, 6.45) is 22.4. The van der Waals surface area contributed by atoms with Crippen LogP contribution in [0, 0.1) is 46.3 Å². The Morgan fingerprint density at radius 3 is 2.69 bits per heavy atom. The molecule has 2 nitrogen and oxygen atoms in total. The highest BCUT2D eigenvalue weighted by atomic mass is 33.1. The second-order valence-electron chi connectivity index (χ2n) is 13.6. The van der Waals surface area contributed by atoms with Gasteiger partial charge in [0.25, 0.3) is 0 Å². The number of fused-ring (bicyclic) bond motifs is 5. The number of imidazole rings is 1. The Morgan fingerprint density at radius 2 is 1.91 bits per heavy atom. The minimum atomic E-state index is 0.482. The van der Waals surface area contributed by atoms with Gasteiger partial charge >= 0.3 is 0 Å². The van der Waals surface area contributed by atoms with Gasteiger partial charge in [0, 0.05) is 22.9 Å². The second kappa shape index (κ2) is 10.8. The molecule has 8 atom stereocenters. The van der Waals surface area contributed by atoms with Gasteiger partial charge in [0.1, 0.15) is 0 Å². The fourth-order valence-corrected chi connectivity index (χ4v) is 12.0. The molecule has 1 aromatic heterocycles. The highest BCUT2D eigenvalue weighted by Crippen LogP contribution is 2.67. The maximum absolute atomic E-state index is 4.16. The van der Waals surface area contributed by atoms with E-state index in [1.165, 1.54) is 76.3 Å². The van der Waals surface area contributed by atoms with Crippen molar-refractivity contribution < 1.29 is 0 Å². The standard InChI is InChI=1S/C31H50N2S2/c1-21(2)7-6-8-22(3)27-11-12-28-26-10-9-23-17-25(35-34-19-24-18-32-20-33-24)13-15-30(23,4)29(26)14-16-31(27,28)5/h9,18,20-22,25-29H,6-8,10-17,19H2,1-5H3,(H,32,33)/t22-,25+,26?,27?,28?,29?,30+,31-/m1/s1. The van der Waals surface area contributed by atoms with Crippen LogP contribution in [0.5, 0.6) is 0 Å². The Bertz CT molecular complexity index is 863. The molecule has 35 heavy (non-hydrogen) atoms. The maximum Gasteiger partial charge on any atom is 0.0921 e. The fourth-order valence-electron chi connectivity index (χ4n) is 9.29. The van der Waals surface area contributed by atoms with Crippen molar-refractivity contribution in [2.45, 2.75) is 116 Å². The van der Waals surface area contributed by atoms with Crippen LogP contribution in [0.25, 0.3) is 0 Å². The molecule has 4 heteroatoms. The van der Waals surface area contributed by atoms with Gasteiger partial charge in [-0.15, -0.1) is 0 Å². The maximum atomic E-state index is 4.16. The van der Waals surface area contributed by atoms with Crippen molar-refractivity contribution >= 4 is 21.6 Å². The summed E-state index contributed by atoms with van der Waals surface area (Å²) in [7, 11) is 4.15. The zero-order valence-electron chi connectivity index (χ0n) is 23.0. The van der Waals surface area contributed by atoms with Crippen LogP contribution in [0.3, 0.4) is 0 Å². The van der Waals surface area contributed by atoms with E-state index in [9.17, 15) is 0 Å². The molecule has 1 aromatic rings. The molecule has 1 N–H and O–H groups in total. The molecule has 3 fully saturated rings. The number of hydrogen-bond donors (Lipinski definition) is 1. The van der Waals surface area contributed by atoms with Crippen LogP contribution in [-0.2, 0) is 5.75 Å². The van der Waals surface area contributed by atoms with E-state index < -0.39 is 0 Å². The van der Waals surface area contributed by atoms with Gasteiger partial charge in [-0.1, -0.05) is 87.1 Å². The van der Waals surface area contributed by atoms with E-state index >= 15 is 0 Å². The van der Waals surface area contributed by atoms with Gasteiger partial charge in [-0.25, -0.2) is 4.98 Å². The minimum Gasteiger partial charge on any atom is -0.348 e. The van der Waals surface area contributed by atoms with Crippen molar-refractivity contribution in [3.8, 4) is 0 Å². The summed E-state index contributed by atoms with van der Waals surface area (Å²) in [6, 6.07) is 0. The van der Waals surface area contributed by atoms with E-state index in [-0.39, 0.29) is 0 Å². The third kappa shape index (κ3) is 5.18. The van der Waals surface area contributed by atoms with Crippen molar-refractivity contribution in [2.24, 2.45) is 46.3 Å². The van der Waals surface area contributed by atoms with Crippen molar-refractivity contribution in [3.05, 3.63) is 29.9 Å². The zero-order valence-corrected chi connectivity index (χ0v) is 24.7. The second-order valence-corrected chi connectivity index (χ2v) is 16.3. The van der Waals surface area contributed by atoms with E-state index in [1.54, 1.807) is 6.33 Å². The average molecular weight is 515 g/mol. The predicted octanol–water partition coefficient (Wildman–Crippen LogP) is 9.70.